The molecule has 0 spiro atoms. The molecule has 0 saturated carbocycles. The summed E-state index contributed by atoms with van der Waals surface area (Å²) in [5.41, 5.74) is 14.1. The Morgan fingerprint density at radius 1 is 0.305 bits per heavy atom. The van der Waals surface area contributed by atoms with Crippen molar-refractivity contribution in [3.63, 3.8) is 0 Å². The van der Waals surface area contributed by atoms with Gasteiger partial charge in [-0.3, -0.25) is 0 Å². The summed E-state index contributed by atoms with van der Waals surface area (Å²) < 4.78 is 0. The molecule has 12 rings (SSSR count). The van der Waals surface area contributed by atoms with Crippen LogP contribution in [0.2, 0.25) is 0 Å². The molecule has 0 aromatic heterocycles. The van der Waals surface area contributed by atoms with Crippen molar-refractivity contribution < 1.29 is 0 Å². The molecule has 0 aliphatic carbocycles. The molecule has 0 bridgehead atoms. The van der Waals surface area contributed by atoms with Gasteiger partial charge in [-0.2, -0.15) is 5.26 Å². The molecule has 12 aromatic rings. The maximum absolute atomic E-state index is 9.56. The van der Waals surface area contributed by atoms with Gasteiger partial charge in [0.2, 0.25) is 0 Å². The SMILES string of the molecule is Cc1cc(-c2cc(C)c(-c3ccc4c5c(-c6ccccc6)c6c(cc7c8ccccc8c8cccc6c87)c(-c6ccccc6)c5c5cccc3c54)c(C)c2)ccc1C#N. The summed E-state index contributed by atoms with van der Waals surface area (Å²) in [5, 5.41) is 27.9. The number of nitriles is 1. The molecule has 0 aliphatic rings. The van der Waals surface area contributed by atoms with E-state index in [9.17, 15) is 5.26 Å². The van der Waals surface area contributed by atoms with Gasteiger partial charge in [-0.15, -0.1) is 0 Å². The van der Waals surface area contributed by atoms with Gasteiger partial charge in [0, 0.05) is 0 Å². The average Bonchev–Trinajstić information content (AvgIpc) is 3.78. The Labute approximate surface area is 342 Å². The molecule has 0 unspecified atom stereocenters. The molecule has 0 N–H and O–H groups in total. The summed E-state index contributed by atoms with van der Waals surface area (Å²) >= 11 is 0. The summed E-state index contributed by atoms with van der Waals surface area (Å²) in [6.07, 6.45) is 0. The fourth-order valence-electron chi connectivity index (χ4n) is 10.8. The molecular formula is C58H37N. The first kappa shape index (κ1) is 33.6. The molecule has 0 heterocycles. The number of rotatable bonds is 4. The topological polar surface area (TPSA) is 23.8 Å². The van der Waals surface area contributed by atoms with Crippen LogP contribution in [-0.4, -0.2) is 0 Å². The number of benzene rings is 10. The summed E-state index contributed by atoms with van der Waals surface area (Å²) in [4.78, 5) is 0. The molecule has 12 aromatic carbocycles. The van der Waals surface area contributed by atoms with Gasteiger partial charge in [0.05, 0.1) is 11.6 Å². The van der Waals surface area contributed by atoms with Gasteiger partial charge >= 0.3 is 0 Å². The van der Waals surface area contributed by atoms with Gasteiger partial charge in [-0.1, -0.05) is 158 Å². The highest BCUT2D eigenvalue weighted by Crippen LogP contribution is 2.55. The smallest absolute Gasteiger partial charge is 0.0994 e. The van der Waals surface area contributed by atoms with E-state index in [1.165, 1.54) is 125 Å². The quantitative estimate of drug-likeness (QED) is 0.165. The lowest BCUT2D eigenvalue weighted by molar-refractivity contribution is 1.36. The molecule has 0 fully saturated rings. The third-order valence-electron chi connectivity index (χ3n) is 13.1. The molecule has 0 atom stereocenters. The Morgan fingerprint density at radius 3 is 1.51 bits per heavy atom. The first-order chi connectivity index (χ1) is 29.0. The third kappa shape index (κ3) is 4.66. The van der Waals surface area contributed by atoms with Crippen molar-refractivity contribution in [1.82, 2.24) is 0 Å². The average molecular weight is 748 g/mol. The fraction of sp³-hybridized carbons (Fsp3) is 0.0517. The fourth-order valence-corrected chi connectivity index (χ4v) is 10.8. The van der Waals surface area contributed by atoms with Crippen molar-refractivity contribution in [2.24, 2.45) is 0 Å². The van der Waals surface area contributed by atoms with E-state index in [-0.39, 0.29) is 0 Å². The monoisotopic (exact) mass is 747 g/mol. The van der Waals surface area contributed by atoms with E-state index in [4.69, 9.17) is 0 Å². The number of nitrogens with zero attached hydrogens (tertiary/aromatic N) is 1. The van der Waals surface area contributed by atoms with Crippen LogP contribution < -0.4 is 0 Å². The van der Waals surface area contributed by atoms with E-state index in [0.717, 1.165) is 16.7 Å². The van der Waals surface area contributed by atoms with Crippen LogP contribution in [0.4, 0.5) is 0 Å². The van der Waals surface area contributed by atoms with Crippen LogP contribution in [-0.2, 0) is 0 Å². The Balaban J connectivity index is 1.25. The predicted molar refractivity (Wildman–Crippen MR) is 252 cm³/mol. The minimum Gasteiger partial charge on any atom is -0.192 e. The lowest BCUT2D eigenvalue weighted by Crippen LogP contribution is -1.93. The van der Waals surface area contributed by atoms with E-state index in [1.807, 2.05) is 13.0 Å². The number of hydrogen-bond donors (Lipinski definition) is 0. The third-order valence-corrected chi connectivity index (χ3v) is 13.1. The van der Waals surface area contributed by atoms with E-state index in [0.29, 0.717) is 0 Å². The summed E-state index contributed by atoms with van der Waals surface area (Å²) in [6, 6.07) is 65.4. The second-order valence-corrected chi connectivity index (χ2v) is 16.4. The zero-order chi connectivity index (χ0) is 39.5. The van der Waals surface area contributed by atoms with Gasteiger partial charge in [0.1, 0.15) is 0 Å². The Bertz CT molecular complexity index is 3710. The largest absolute Gasteiger partial charge is 0.192 e. The van der Waals surface area contributed by atoms with Crippen molar-refractivity contribution in [1.29, 1.82) is 5.26 Å². The van der Waals surface area contributed by atoms with Crippen LogP contribution in [0.3, 0.4) is 0 Å². The van der Waals surface area contributed by atoms with Crippen LogP contribution in [0, 0.1) is 32.1 Å². The van der Waals surface area contributed by atoms with E-state index in [2.05, 4.69) is 184 Å². The summed E-state index contributed by atoms with van der Waals surface area (Å²) in [5.74, 6) is 0. The number of hydrogen-bond acceptors (Lipinski definition) is 1. The van der Waals surface area contributed by atoms with E-state index < -0.39 is 0 Å². The zero-order valence-electron chi connectivity index (χ0n) is 33.1. The number of fused-ring (bicyclic) bond motifs is 8. The first-order valence-corrected chi connectivity index (χ1v) is 20.5. The van der Waals surface area contributed by atoms with Crippen LogP contribution >= 0.6 is 0 Å². The second-order valence-electron chi connectivity index (χ2n) is 16.4. The molecule has 1 heteroatoms. The van der Waals surface area contributed by atoms with Crippen molar-refractivity contribution in [2.75, 3.05) is 0 Å². The maximum Gasteiger partial charge on any atom is 0.0994 e. The van der Waals surface area contributed by atoms with Crippen LogP contribution in [0.1, 0.15) is 22.3 Å². The van der Waals surface area contributed by atoms with Crippen molar-refractivity contribution >= 4 is 75.4 Å². The minimum absolute atomic E-state index is 0.721. The molecule has 0 aliphatic heterocycles. The minimum atomic E-state index is 0.721. The predicted octanol–water partition coefficient (Wildman–Crippen LogP) is 16.1. The molecular weight excluding hydrogens is 711 g/mol. The van der Waals surface area contributed by atoms with Crippen LogP contribution in [0.5, 0.6) is 0 Å². The second kappa shape index (κ2) is 12.5. The molecule has 0 amide bonds. The first-order valence-electron chi connectivity index (χ1n) is 20.5. The Morgan fingerprint density at radius 2 is 0.831 bits per heavy atom. The summed E-state index contributed by atoms with van der Waals surface area (Å²) in [6.45, 7) is 6.50. The van der Waals surface area contributed by atoms with E-state index >= 15 is 0 Å². The summed E-state index contributed by atoms with van der Waals surface area (Å²) in [7, 11) is 0. The maximum atomic E-state index is 9.56. The standard InChI is InChI=1S/C58H37N/c1-33-28-38(24-25-39(33)32-59)40-29-34(2)51(35(3)30-40)45-26-27-48-54-44(45)21-13-23-47(54)57-52(36-14-6-4-7-15-36)50-31-49-42-19-11-10-18-41(42)43-20-12-22-46(55(43)49)56(50)53(58(48)57)37-16-8-5-9-17-37/h4-31H,1-3H3. The van der Waals surface area contributed by atoms with Crippen molar-refractivity contribution in [3.8, 4) is 50.6 Å². The van der Waals surface area contributed by atoms with Gasteiger partial charge < -0.3 is 0 Å². The molecule has 0 radical (unpaired) electrons. The lowest BCUT2D eigenvalue weighted by Gasteiger charge is -2.19. The van der Waals surface area contributed by atoms with Gasteiger partial charge in [0.25, 0.3) is 0 Å². The van der Waals surface area contributed by atoms with E-state index in [1.54, 1.807) is 0 Å². The Kier molecular flexibility index (Phi) is 7.11. The van der Waals surface area contributed by atoms with Gasteiger partial charge in [0.15, 0.2) is 0 Å². The van der Waals surface area contributed by atoms with Crippen LogP contribution in [0.25, 0.3) is 120 Å². The molecule has 274 valence electrons. The molecule has 59 heavy (non-hydrogen) atoms. The highest BCUT2D eigenvalue weighted by Gasteiger charge is 2.27. The highest BCUT2D eigenvalue weighted by molar-refractivity contribution is 6.45. The molecule has 0 saturated heterocycles. The normalized spacial score (nSPS) is 12.0. The Hall–Kier alpha value is -7.53. The molecule has 1 nitrogen and oxygen atoms in total. The lowest BCUT2D eigenvalue weighted by atomic mass is 9.84. The van der Waals surface area contributed by atoms with Crippen LogP contribution in [0.15, 0.2) is 170 Å². The van der Waals surface area contributed by atoms with Gasteiger partial charge in [-0.05, 0) is 170 Å². The zero-order valence-corrected chi connectivity index (χ0v) is 33.1. The highest BCUT2D eigenvalue weighted by atomic mass is 14.3. The number of aryl methyl sites for hydroxylation is 3. The van der Waals surface area contributed by atoms with Gasteiger partial charge in [-0.25, -0.2) is 0 Å². The van der Waals surface area contributed by atoms with Crippen molar-refractivity contribution in [3.05, 3.63) is 192 Å². The van der Waals surface area contributed by atoms with Crippen molar-refractivity contribution in [2.45, 2.75) is 20.8 Å².